The van der Waals surface area contributed by atoms with E-state index in [1.807, 2.05) is 48.5 Å². The largest absolute Gasteiger partial charge is 0.565 e. The Morgan fingerprint density at radius 3 is 1.48 bits per heavy atom. The van der Waals surface area contributed by atoms with E-state index in [1.165, 1.54) is 19.3 Å². The topological polar surface area (TPSA) is 18.5 Å². The van der Waals surface area contributed by atoms with E-state index in [0.29, 0.717) is 0 Å². The Morgan fingerprint density at radius 2 is 1.06 bits per heavy atom. The molecule has 174 valence electrons. The van der Waals surface area contributed by atoms with Gasteiger partial charge in [-0.1, -0.05) is 25.0 Å². The van der Waals surface area contributed by atoms with Crippen LogP contribution in [0.3, 0.4) is 0 Å². The van der Waals surface area contributed by atoms with Crippen molar-refractivity contribution in [3.8, 4) is 11.5 Å². The standard InChI is InChI=1S/2C9H13OSi.C8H11.Pt/c2*1-11(2,3)10-9-7-5-4-6-8-9;1-2-4-6-8-7-5-3-1;/h2*5-8H,1-3H3;1-2,7H,3-6H2;/q3*-1;. The molecule has 5 heteroatoms. The van der Waals surface area contributed by atoms with Crippen LogP contribution in [-0.4, -0.2) is 16.6 Å². The van der Waals surface area contributed by atoms with Crippen molar-refractivity contribution in [2.75, 3.05) is 0 Å². The van der Waals surface area contributed by atoms with E-state index >= 15 is 0 Å². The van der Waals surface area contributed by atoms with Crippen molar-refractivity contribution in [1.29, 1.82) is 0 Å². The third kappa shape index (κ3) is 19.1. The first-order valence-corrected chi connectivity index (χ1v) is 17.5. The van der Waals surface area contributed by atoms with E-state index in [0.717, 1.165) is 17.9 Å². The summed E-state index contributed by atoms with van der Waals surface area (Å²) in [6.07, 6.45) is 14.5. The van der Waals surface area contributed by atoms with E-state index in [-0.39, 0.29) is 21.1 Å². The van der Waals surface area contributed by atoms with Crippen LogP contribution in [0, 0.1) is 18.2 Å². The molecule has 2 aromatic rings. The molecule has 0 radical (unpaired) electrons. The second-order valence-electron chi connectivity index (χ2n) is 8.90. The third-order valence-corrected chi connectivity index (χ3v) is 5.16. The molecule has 0 fully saturated rings. The monoisotopic (exact) mass is 632 g/mol. The van der Waals surface area contributed by atoms with Crippen LogP contribution in [-0.2, 0) is 21.1 Å². The molecule has 0 saturated carbocycles. The second-order valence-corrected chi connectivity index (χ2v) is 17.8. The molecule has 2 nitrogen and oxygen atoms in total. The SMILES string of the molecule is C[Si](C)(C)Oc1cc[c-]cc1.C[Si](C)(C)Oc1cc[c-]cc1.[C-]1=CCCC=CCC1.[Pt]. The normalized spacial score (nSPS) is 13.1. The molecular formula is C26H37O2PtSi2-3. The molecule has 1 aliphatic rings. The quantitative estimate of drug-likeness (QED) is 0.194. The molecular weight excluding hydrogens is 596 g/mol. The average molecular weight is 633 g/mol. The van der Waals surface area contributed by atoms with Gasteiger partial charge in [-0.3, -0.25) is 6.08 Å². The molecule has 1 aliphatic carbocycles. The Balaban J connectivity index is 0.000000434. The summed E-state index contributed by atoms with van der Waals surface area (Å²) in [4.78, 5) is 0. The molecule has 0 atom stereocenters. The number of rotatable bonds is 4. The number of allylic oxidation sites excluding steroid dienone is 4. The van der Waals surface area contributed by atoms with E-state index in [2.05, 4.69) is 75.7 Å². The van der Waals surface area contributed by atoms with E-state index in [1.54, 1.807) is 0 Å². The summed E-state index contributed by atoms with van der Waals surface area (Å²) in [5, 5.41) is 0. The molecule has 2 aromatic carbocycles. The van der Waals surface area contributed by atoms with Gasteiger partial charge in [-0.2, -0.15) is 42.8 Å². The van der Waals surface area contributed by atoms with Crippen LogP contribution in [0.1, 0.15) is 25.7 Å². The zero-order valence-electron chi connectivity index (χ0n) is 19.8. The predicted molar refractivity (Wildman–Crippen MR) is 134 cm³/mol. The zero-order chi connectivity index (χ0) is 22.3. The summed E-state index contributed by atoms with van der Waals surface area (Å²) >= 11 is 0. The molecule has 0 aliphatic heterocycles. The van der Waals surface area contributed by atoms with Gasteiger partial charge in [0.25, 0.3) is 0 Å². The maximum atomic E-state index is 5.72. The van der Waals surface area contributed by atoms with Gasteiger partial charge in [0, 0.05) is 21.1 Å². The van der Waals surface area contributed by atoms with Crippen molar-refractivity contribution in [3.63, 3.8) is 0 Å². The summed E-state index contributed by atoms with van der Waals surface area (Å²) in [5.74, 6) is 1.92. The average Bonchev–Trinajstić information content (AvgIpc) is 2.61. The maximum Gasteiger partial charge on any atom is 0.239 e. The Hall–Kier alpha value is -1.36. The van der Waals surface area contributed by atoms with Crippen LogP contribution in [0.25, 0.3) is 0 Å². The molecule has 0 heterocycles. The Labute approximate surface area is 207 Å². The summed E-state index contributed by atoms with van der Waals surface area (Å²) in [6, 6.07) is 21.2. The van der Waals surface area contributed by atoms with Crippen molar-refractivity contribution in [2.24, 2.45) is 0 Å². The Morgan fingerprint density at radius 1 is 0.645 bits per heavy atom. The fourth-order valence-corrected chi connectivity index (χ4v) is 4.06. The fourth-order valence-electron chi connectivity index (χ4n) is 2.37. The van der Waals surface area contributed by atoms with Crippen LogP contribution in [0.15, 0.2) is 66.8 Å². The molecule has 0 amide bonds. The predicted octanol–water partition coefficient (Wildman–Crippen LogP) is 7.87. The van der Waals surface area contributed by atoms with Crippen LogP contribution in [0.4, 0.5) is 0 Å². The fraction of sp³-hybridized carbons (Fsp3) is 0.385. The van der Waals surface area contributed by atoms with Crippen molar-refractivity contribution in [2.45, 2.75) is 65.0 Å². The smallest absolute Gasteiger partial charge is 0.239 e. The van der Waals surface area contributed by atoms with E-state index in [9.17, 15) is 0 Å². The van der Waals surface area contributed by atoms with Gasteiger partial charge >= 0.3 is 0 Å². The minimum absolute atomic E-state index is 0. The molecule has 0 spiro atoms. The third-order valence-electron chi connectivity index (χ3n) is 3.47. The van der Waals surface area contributed by atoms with Crippen LogP contribution < -0.4 is 8.85 Å². The number of hydrogen-bond acceptors (Lipinski definition) is 2. The van der Waals surface area contributed by atoms with Crippen LogP contribution in [0.5, 0.6) is 11.5 Å². The van der Waals surface area contributed by atoms with Crippen molar-refractivity contribution < 1.29 is 29.9 Å². The Bertz CT molecular complexity index is 656. The van der Waals surface area contributed by atoms with Gasteiger partial charge < -0.3 is 14.9 Å². The summed E-state index contributed by atoms with van der Waals surface area (Å²) in [6.45, 7) is 13.0. The number of benzene rings is 2. The number of hydrogen-bond donors (Lipinski definition) is 0. The van der Waals surface area contributed by atoms with Gasteiger partial charge in [0.05, 0.1) is 0 Å². The van der Waals surface area contributed by atoms with E-state index in [4.69, 9.17) is 8.85 Å². The van der Waals surface area contributed by atoms with Gasteiger partial charge in [0.15, 0.2) is 0 Å². The van der Waals surface area contributed by atoms with Gasteiger partial charge in [-0.25, -0.2) is 0 Å². The van der Waals surface area contributed by atoms with Gasteiger partial charge in [0.2, 0.25) is 16.6 Å². The summed E-state index contributed by atoms with van der Waals surface area (Å²) in [5.41, 5.74) is 0. The first kappa shape index (κ1) is 29.6. The minimum Gasteiger partial charge on any atom is -0.565 e. The summed E-state index contributed by atoms with van der Waals surface area (Å²) in [7, 11) is -2.82. The zero-order valence-corrected chi connectivity index (χ0v) is 24.1. The van der Waals surface area contributed by atoms with Gasteiger partial charge in [-0.05, 0) is 57.2 Å². The second kappa shape index (κ2) is 16.3. The molecule has 3 rings (SSSR count). The van der Waals surface area contributed by atoms with Crippen molar-refractivity contribution in [3.05, 3.63) is 85.0 Å². The molecule has 31 heavy (non-hydrogen) atoms. The van der Waals surface area contributed by atoms with E-state index < -0.39 is 16.6 Å². The first-order valence-electron chi connectivity index (χ1n) is 10.7. The van der Waals surface area contributed by atoms with Crippen LogP contribution in [0.2, 0.25) is 39.3 Å². The molecule has 0 unspecified atom stereocenters. The van der Waals surface area contributed by atoms with Crippen molar-refractivity contribution >= 4 is 16.6 Å². The molecule has 0 bridgehead atoms. The Kier molecular flexibility index (Phi) is 15.6. The first-order chi connectivity index (χ1) is 14.2. The maximum absolute atomic E-state index is 5.72. The minimum atomic E-state index is -1.41. The van der Waals surface area contributed by atoms with Gasteiger partial charge in [0.1, 0.15) is 0 Å². The molecule has 0 aromatic heterocycles. The summed E-state index contributed by atoms with van der Waals surface area (Å²) < 4.78 is 11.4. The van der Waals surface area contributed by atoms with Gasteiger partial charge in [-0.15, -0.1) is 24.3 Å². The van der Waals surface area contributed by atoms with Crippen LogP contribution >= 0.6 is 0 Å². The van der Waals surface area contributed by atoms with Crippen molar-refractivity contribution in [1.82, 2.24) is 0 Å². The molecule has 0 saturated heterocycles. The molecule has 0 N–H and O–H groups in total.